The second-order valence-electron chi connectivity index (χ2n) is 5.80. The number of aryl methyl sites for hydroxylation is 1. The van der Waals surface area contributed by atoms with Crippen molar-refractivity contribution < 1.29 is 9.53 Å². The Morgan fingerprint density at radius 1 is 1.29 bits per heavy atom. The molecule has 2 aromatic rings. The summed E-state index contributed by atoms with van der Waals surface area (Å²) in [6.45, 7) is 5.57. The van der Waals surface area contributed by atoms with Crippen molar-refractivity contribution in [3.8, 4) is 0 Å². The number of pyridine rings is 1. The van der Waals surface area contributed by atoms with Gasteiger partial charge < -0.3 is 15.0 Å². The number of carbonyl (C=O) groups excluding carboxylic acids is 1. The maximum atomic E-state index is 12.7. The Bertz CT molecular complexity index is 646. The van der Waals surface area contributed by atoms with E-state index in [2.05, 4.69) is 23.3 Å². The minimum absolute atomic E-state index is 0.0577. The number of urea groups is 1. The minimum atomic E-state index is -0.105. The molecule has 2 amide bonds. The number of benzene rings is 1. The van der Waals surface area contributed by atoms with Gasteiger partial charge in [-0.2, -0.15) is 0 Å². The fourth-order valence-electron chi connectivity index (χ4n) is 2.59. The molecule has 5 heteroatoms. The molecule has 2 rings (SSSR count). The third-order valence-electron chi connectivity index (χ3n) is 3.94. The van der Waals surface area contributed by atoms with Gasteiger partial charge in [-0.25, -0.2) is 4.79 Å². The van der Waals surface area contributed by atoms with Crippen LogP contribution in [-0.4, -0.2) is 36.2 Å². The Balaban J connectivity index is 2.05. The summed E-state index contributed by atoms with van der Waals surface area (Å²) < 4.78 is 5.13. The van der Waals surface area contributed by atoms with Gasteiger partial charge in [0.15, 0.2) is 0 Å². The highest BCUT2D eigenvalue weighted by atomic mass is 16.5. The van der Waals surface area contributed by atoms with Crippen LogP contribution < -0.4 is 5.32 Å². The summed E-state index contributed by atoms with van der Waals surface area (Å²) in [5, 5.41) is 3.08. The number of nitrogens with one attached hydrogen (secondary N) is 1. The molecule has 0 radical (unpaired) electrons. The number of carbonyl (C=O) groups is 1. The molecule has 0 bridgehead atoms. The van der Waals surface area contributed by atoms with E-state index >= 15 is 0 Å². The molecular weight excluding hydrogens is 302 g/mol. The van der Waals surface area contributed by atoms with E-state index in [1.165, 1.54) is 5.56 Å². The highest BCUT2D eigenvalue weighted by Crippen LogP contribution is 2.17. The molecule has 1 N–H and O–H groups in total. The third-order valence-corrected chi connectivity index (χ3v) is 3.94. The predicted octanol–water partition coefficient (Wildman–Crippen LogP) is 3.31. The van der Waals surface area contributed by atoms with Crippen LogP contribution >= 0.6 is 0 Å². The molecule has 1 aromatic heterocycles. The van der Waals surface area contributed by atoms with Crippen molar-refractivity contribution in [1.82, 2.24) is 15.2 Å². The first-order valence-electron chi connectivity index (χ1n) is 8.10. The average Bonchev–Trinajstić information content (AvgIpc) is 2.59. The van der Waals surface area contributed by atoms with Gasteiger partial charge in [0.2, 0.25) is 0 Å². The van der Waals surface area contributed by atoms with Crippen LogP contribution in [0.4, 0.5) is 4.79 Å². The average molecular weight is 327 g/mol. The summed E-state index contributed by atoms with van der Waals surface area (Å²) >= 11 is 0. The van der Waals surface area contributed by atoms with Crippen LogP contribution in [0.3, 0.4) is 0 Å². The molecule has 0 unspecified atom stereocenters. The van der Waals surface area contributed by atoms with Gasteiger partial charge in [0, 0.05) is 32.6 Å². The summed E-state index contributed by atoms with van der Waals surface area (Å²) in [7, 11) is 1.64. The number of ether oxygens (including phenoxy) is 1. The van der Waals surface area contributed by atoms with Gasteiger partial charge in [0.05, 0.1) is 12.6 Å². The van der Waals surface area contributed by atoms with Gasteiger partial charge in [-0.3, -0.25) is 4.98 Å². The Labute approximate surface area is 143 Å². The third kappa shape index (κ3) is 5.06. The second kappa shape index (κ2) is 9.03. The van der Waals surface area contributed by atoms with Gasteiger partial charge in [0.1, 0.15) is 0 Å². The summed E-state index contributed by atoms with van der Waals surface area (Å²) in [5.41, 5.74) is 3.28. The largest absolute Gasteiger partial charge is 0.383 e. The molecule has 0 saturated heterocycles. The molecular formula is C19H25N3O2. The predicted molar refractivity (Wildman–Crippen MR) is 94.6 cm³/mol. The molecule has 24 heavy (non-hydrogen) atoms. The smallest absolute Gasteiger partial charge is 0.318 e. The van der Waals surface area contributed by atoms with E-state index in [-0.39, 0.29) is 12.1 Å². The zero-order valence-electron chi connectivity index (χ0n) is 14.5. The summed E-state index contributed by atoms with van der Waals surface area (Å²) in [6.07, 6.45) is 3.50. The van der Waals surface area contributed by atoms with E-state index in [1.54, 1.807) is 24.4 Å². The molecule has 0 fully saturated rings. The number of hydrogen-bond donors (Lipinski definition) is 1. The zero-order valence-corrected chi connectivity index (χ0v) is 14.5. The van der Waals surface area contributed by atoms with Crippen molar-refractivity contribution in [2.24, 2.45) is 0 Å². The molecule has 0 aliphatic rings. The van der Waals surface area contributed by atoms with Crippen molar-refractivity contribution in [3.63, 3.8) is 0 Å². The second-order valence-corrected chi connectivity index (χ2v) is 5.80. The number of methoxy groups -OCH3 is 1. The number of hydrogen-bond acceptors (Lipinski definition) is 3. The zero-order chi connectivity index (χ0) is 17.4. The lowest BCUT2D eigenvalue weighted by Crippen LogP contribution is -2.42. The lowest BCUT2D eigenvalue weighted by Gasteiger charge is -2.25. The normalized spacial score (nSPS) is 11.8. The van der Waals surface area contributed by atoms with Crippen molar-refractivity contribution in [2.75, 3.05) is 20.3 Å². The van der Waals surface area contributed by atoms with Crippen LogP contribution in [0.15, 0.2) is 48.8 Å². The topological polar surface area (TPSA) is 54.5 Å². The Hall–Kier alpha value is -2.40. The SMILES string of the molecule is COCCN(Cc1cccnc1)C(=O)N[C@@H](C)c1ccccc1C. The molecule has 5 nitrogen and oxygen atoms in total. The summed E-state index contributed by atoms with van der Waals surface area (Å²) in [5.74, 6) is 0. The number of aromatic nitrogens is 1. The first kappa shape index (κ1) is 17.9. The minimum Gasteiger partial charge on any atom is -0.383 e. The van der Waals surface area contributed by atoms with Crippen LogP contribution in [0.5, 0.6) is 0 Å². The monoisotopic (exact) mass is 327 g/mol. The fraction of sp³-hybridized carbons (Fsp3) is 0.368. The van der Waals surface area contributed by atoms with E-state index in [9.17, 15) is 4.79 Å². The number of amides is 2. The molecule has 1 atom stereocenters. The maximum Gasteiger partial charge on any atom is 0.318 e. The first-order chi connectivity index (χ1) is 11.6. The highest BCUT2D eigenvalue weighted by molar-refractivity contribution is 5.74. The van der Waals surface area contributed by atoms with E-state index < -0.39 is 0 Å². The summed E-state index contributed by atoms with van der Waals surface area (Å²) in [4.78, 5) is 18.5. The first-order valence-corrected chi connectivity index (χ1v) is 8.10. The highest BCUT2D eigenvalue weighted by Gasteiger charge is 2.17. The van der Waals surface area contributed by atoms with Crippen LogP contribution in [0.25, 0.3) is 0 Å². The molecule has 1 heterocycles. The van der Waals surface area contributed by atoms with E-state index in [4.69, 9.17) is 4.74 Å². The number of rotatable bonds is 7. The van der Waals surface area contributed by atoms with Crippen molar-refractivity contribution in [2.45, 2.75) is 26.4 Å². The lowest BCUT2D eigenvalue weighted by atomic mass is 10.0. The van der Waals surface area contributed by atoms with Crippen molar-refractivity contribution >= 4 is 6.03 Å². The van der Waals surface area contributed by atoms with Crippen molar-refractivity contribution in [1.29, 1.82) is 0 Å². The van der Waals surface area contributed by atoms with Crippen molar-refractivity contribution in [3.05, 3.63) is 65.5 Å². The van der Waals surface area contributed by atoms with Gasteiger partial charge in [0.25, 0.3) is 0 Å². The number of nitrogens with zero attached hydrogens (tertiary/aromatic N) is 2. The Morgan fingerprint density at radius 3 is 2.75 bits per heavy atom. The molecule has 0 aliphatic heterocycles. The van der Waals surface area contributed by atoms with Gasteiger partial charge in [-0.05, 0) is 36.6 Å². The molecule has 0 aliphatic carbocycles. The van der Waals surface area contributed by atoms with Gasteiger partial charge in [-0.15, -0.1) is 0 Å². The van der Waals surface area contributed by atoms with E-state index in [0.717, 1.165) is 11.1 Å². The van der Waals surface area contributed by atoms with Crippen LogP contribution in [0, 0.1) is 6.92 Å². The fourth-order valence-corrected chi connectivity index (χ4v) is 2.59. The maximum absolute atomic E-state index is 12.7. The van der Waals surface area contributed by atoms with Gasteiger partial charge in [-0.1, -0.05) is 30.3 Å². The van der Waals surface area contributed by atoms with E-state index in [1.807, 2.05) is 37.3 Å². The molecule has 128 valence electrons. The van der Waals surface area contributed by atoms with E-state index in [0.29, 0.717) is 19.7 Å². The van der Waals surface area contributed by atoms with Gasteiger partial charge >= 0.3 is 6.03 Å². The Kier molecular flexibility index (Phi) is 6.75. The summed E-state index contributed by atoms with van der Waals surface area (Å²) in [6, 6.07) is 11.8. The molecule has 0 spiro atoms. The standard InChI is InChI=1S/C19H25N3O2/c1-15-7-4-5-9-18(15)16(2)21-19(23)22(11-12-24-3)14-17-8-6-10-20-13-17/h4-10,13,16H,11-12,14H2,1-3H3,(H,21,23)/t16-/m0/s1. The quantitative estimate of drug-likeness (QED) is 0.849. The van der Waals surface area contributed by atoms with Crippen LogP contribution in [-0.2, 0) is 11.3 Å². The van der Waals surface area contributed by atoms with Crippen LogP contribution in [0.1, 0.15) is 29.7 Å². The lowest BCUT2D eigenvalue weighted by molar-refractivity contribution is 0.145. The Morgan fingerprint density at radius 2 is 2.08 bits per heavy atom. The molecule has 1 aromatic carbocycles. The molecule has 0 saturated carbocycles. The van der Waals surface area contributed by atoms with Crippen LogP contribution in [0.2, 0.25) is 0 Å².